The normalized spacial score (nSPS) is 12.2. The highest BCUT2D eigenvalue weighted by Gasteiger charge is 2.03. The van der Waals surface area contributed by atoms with Crippen LogP contribution >= 0.6 is 0 Å². The van der Waals surface area contributed by atoms with E-state index in [1.54, 1.807) is 12.3 Å². The Morgan fingerprint density at radius 3 is 2.82 bits per heavy atom. The van der Waals surface area contributed by atoms with E-state index in [0.717, 1.165) is 31.6 Å². The molecular weight excluding hydrogens is 216 g/mol. The lowest BCUT2D eigenvalue weighted by Crippen LogP contribution is -2.19. The van der Waals surface area contributed by atoms with Crippen LogP contribution in [0.3, 0.4) is 0 Å². The fourth-order valence-electron chi connectivity index (χ4n) is 1.44. The number of aliphatic hydroxyl groups is 1. The van der Waals surface area contributed by atoms with Gasteiger partial charge >= 0.3 is 0 Å². The molecule has 0 aliphatic rings. The van der Waals surface area contributed by atoms with Crippen molar-refractivity contribution < 1.29 is 5.11 Å². The smallest absolute Gasteiger partial charge is 0.224 e. The lowest BCUT2D eigenvalue weighted by molar-refractivity contribution is 0.176. The van der Waals surface area contributed by atoms with Crippen LogP contribution in [0.1, 0.15) is 33.1 Å². The topological polar surface area (TPSA) is 70.1 Å². The summed E-state index contributed by atoms with van der Waals surface area (Å²) in [6, 6.07) is 1.80. The molecular formula is C12H22N4O. The van der Waals surface area contributed by atoms with Crippen molar-refractivity contribution in [3.8, 4) is 0 Å². The maximum absolute atomic E-state index is 9.60. The van der Waals surface area contributed by atoms with E-state index >= 15 is 0 Å². The van der Waals surface area contributed by atoms with Crippen LogP contribution < -0.4 is 10.6 Å². The first-order valence-electron chi connectivity index (χ1n) is 6.25. The predicted octanol–water partition coefficient (Wildman–Crippen LogP) is 1.87. The molecule has 5 heteroatoms. The standard InChI is InChI=1S/C12H22N4O/c1-3-5-10(17)9-15-11-6-8-14-12(16-11)13-7-4-2/h6,8,10,17H,3-5,7,9H2,1-2H3,(H2,13,14,15,16). The molecule has 0 spiro atoms. The van der Waals surface area contributed by atoms with Gasteiger partial charge in [0.1, 0.15) is 5.82 Å². The zero-order valence-corrected chi connectivity index (χ0v) is 10.6. The van der Waals surface area contributed by atoms with Crippen LogP contribution in [0.25, 0.3) is 0 Å². The third-order valence-corrected chi connectivity index (χ3v) is 2.33. The second-order valence-corrected chi connectivity index (χ2v) is 4.02. The van der Waals surface area contributed by atoms with Gasteiger partial charge in [0.2, 0.25) is 5.95 Å². The van der Waals surface area contributed by atoms with E-state index in [0.29, 0.717) is 12.5 Å². The van der Waals surface area contributed by atoms with E-state index in [-0.39, 0.29) is 6.10 Å². The summed E-state index contributed by atoms with van der Waals surface area (Å²) in [5, 5.41) is 15.8. The van der Waals surface area contributed by atoms with Crippen molar-refractivity contribution >= 4 is 11.8 Å². The lowest BCUT2D eigenvalue weighted by atomic mass is 10.2. The van der Waals surface area contributed by atoms with Crippen LogP contribution in [-0.4, -0.2) is 34.3 Å². The van der Waals surface area contributed by atoms with E-state index < -0.39 is 0 Å². The van der Waals surface area contributed by atoms with Gasteiger partial charge in [-0.15, -0.1) is 0 Å². The Balaban J connectivity index is 2.42. The van der Waals surface area contributed by atoms with Crippen LogP contribution in [0.5, 0.6) is 0 Å². The monoisotopic (exact) mass is 238 g/mol. The molecule has 1 aromatic heterocycles. The minimum atomic E-state index is -0.318. The molecule has 0 radical (unpaired) electrons. The number of nitrogens with one attached hydrogen (secondary N) is 2. The molecule has 0 fully saturated rings. The van der Waals surface area contributed by atoms with Crippen LogP contribution in [0, 0.1) is 0 Å². The summed E-state index contributed by atoms with van der Waals surface area (Å²) in [4.78, 5) is 8.41. The minimum absolute atomic E-state index is 0.318. The van der Waals surface area contributed by atoms with Crippen molar-refractivity contribution in [3.63, 3.8) is 0 Å². The largest absolute Gasteiger partial charge is 0.391 e. The fraction of sp³-hybridized carbons (Fsp3) is 0.667. The number of hydrogen-bond acceptors (Lipinski definition) is 5. The number of nitrogens with zero attached hydrogens (tertiary/aromatic N) is 2. The molecule has 0 amide bonds. The maximum Gasteiger partial charge on any atom is 0.224 e. The van der Waals surface area contributed by atoms with Gasteiger partial charge in [-0.25, -0.2) is 4.98 Å². The Morgan fingerprint density at radius 2 is 2.12 bits per heavy atom. The summed E-state index contributed by atoms with van der Waals surface area (Å²) < 4.78 is 0. The van der Waals surface area contributed by atoms with Gasteiger partial charge in [0.25, 0.3) is 0 Å². The number of aromatic nitrogens is 2. The molecule has 1 aromatic rings. The van der Waals surface area contributed by atoms with E-state index in [4.69, 9.17) is 0 Å². The van der Waals surface area contributed by atoms with Crippen LogP contribution in [-0.2, 0) is 0 Å². The predicted molar refractivity (Wildman–Crippen MR) is 70.2 cm³/mol. The molecule has 5 nitrogen and oxygen atoms in total. The summed E-state index contributed by atoms with van der Waals surface area (Å²) >= 11 is 0. The summed E-state index contributed by atoms with van der Waals surface area (Å²) in [6.07, 6.45) is 4.21. The van der Waals surface area contributed by atoms with Crippen molar-refractivity contribution in [1.82, 2.24) is 9.97 Å². The second-order valence-electron chi connectivity index (χ2n) is 4.02. The van der Waals surface area contributed by atoms with Gasteiger partial charge in [0.15, 0.2) is 0 Å². The van der Waals surface area contributed by atoms with Gasteiger partial charge in [-0.05, 0) is 18.9 Å². The molecule has 1 unspecified atom stereocenters. The SMILES string of the molecule is CCCNc1nccc(NCC(O)CCC)n1. The summed E-state index contributed by atoms with van der Waals surface area (Å²) in [5.74, 6) is 1.37. The van der Waals surface area contributed by atoms with Crippen molar-refractivity contribution in [3.05, 3.63) is 12.3 Å². The molecule has 96 valence electrons. The Kier molecular flexibility index (Phi) is 6.32. The highest BCUT2D eigenvalue weighted by molar-refractivity contribution is 5.39. The van der Waals surface area contributed by atoms with Gasteiger partial charge in [0, 0.05) is 19.3 Å². The zero-order chi connectivity index (χ0) is 12.5. The highest BCUT2D eigenvalue weighted by atomic mass is 16.3. The number of aliphatic hydroxyl groups excluding tert-OH is 1. The van der Waals surface area contributed by atoms with Crippen LogP contribution in [0.15, 0.2) is 12.3 Å². The summed E-state index contributed by atoms with van der Waals surface area (Å²) in [6.45, 7) is 5.54. The van der Waals surface area contributed by atoms with E-state index in [2.05, 4.69) is 34.4 Å². The van der Waals surface area contributed by atoms with Crippen LogP contribution in [0.4, 0.5) is 11.8 Å². The molecule has 3 N–H and O–H groups in total. The molecule has 0 aliphatic heterocycles. The van der Waals surface area contributed by atoms with Crippen LogP contribution in [0.2, 0.25) is 0 Å². The Hall–Kier alpha value is -1.36. The van der Waals surface area contributed by atoms with E-state index in [1.165, 1.54) is 0 Å². The molecule has 0 saturated heterocycles. The third kappa shape index (κ3) is 5.49. The van der Waals surface area contributed by atoms with E-state index in [9.17, 15) is 5.11 Å². The lowest BCUT2D eigenvalue weighted by Gasteiger charge is -2.11. The number of anilines is 2. The molecule has 1 atom stereocenters. The molecule has 0 bridgehead atoms. The average molecular weight is 238 g/mol. The maximum atomic E-state index is 9.60. The van der Waals surface area contributed by atoms with E-state index in [1.807, 2.05) is 0 Å². The van der Waals surface area contributed by atoms with Gasteiger partial charge in [-0.2, -0.15) is 4.98 Å². The third-order valence-electron chi connectivity index (χ3n) is 2.33. The van der Waals surface area contributed by atoms with Gasteiger partial charge in [0.05, 0.1) is 6.10 Å². The first kappa shape index (κ1) is 13.7. The Bertz CT molecular complexity index is 319. The van der Waals surface area contributed by atoms with Gasteiger partial charge in [-0.1, -0.05) is 20.3 Å². The summed E-state index contributed by atoms with van der Waals surface area (Å²) in [7, 11) is 0. The Morgan fingerprint density at radius 1 is 1.29 bits per heavy atom. The highest BCUT2D eigenvalue weighted by Crippen LogP contribution is 2.06. The summed E-state index contributed by atoms with van der Waals surface area (Å²) in [5.41, 5.74) is 0. The second kappa shape index (κ2) is 7.84. The van der Waals surface area contributed by atoms with Crippen molar-refractivity contribution in [2.24, 2.45) is 0 Å². The molecule has 0 saturated carbocycles. The molecule has 0 aromatic carbocycles. The van der Waals surface area contributed by atoms with Gasteiger partial charge < -0.3 is 15.7 Å². The molecule has 17 heavy (non-hydrogen) atoms. The average Bonchev–Trinajstić information content (AvgIpc) is 2.35. The molecule has 1 rings (SSSR count). The first-order valence-corrected chi connectivity index (χ1v) is 6.25. The fourth-order valence-corrected chi connectivity index (χ4v) is 1.44. The first-order chi connectivity index (χ1) is 8.26. The quantitative estimate of drug-likeness (QED) is 0.645. The molecule has 1 heterocycles. The zero-order valence-electron chi connectivity index (χ0n) is 10.6. The van der Waals surface area contributed by atoms with Gasteiger partial charge in [-0.3, -0.25) is 0 Å². The van der Waals surface area contributed by atoms with Crippen molar-refractivity contribution in [2.45, 2.75) is 39.2 Å². The minimum Gasteiger partial charge on any atom is -0.391 e. The Labute approximate surface area is 103 Å². The number of rotatable bonds is 8. The molecule has 0 aliphatic carbocycles. The van der Waals surface area contributed by atoms with Crippen molar-refractivity contribution in [1.29, 1.82) is 0 Å². The number of hydrogen-bond donors (Lipinski definition) is 3. The van der Waals surface area contributed by atoms with Crippen molar-refractivity contribution in [2.75, 3.05) is 23.7 Å².